The molecule has 3 heteroatoms. The topological polar surface area (TPSA) is 38.1 Å². The molecule has 144 valence electrons. The summed E-state index contributed by atoms with van der Waals surface area (Å²) in [5.41, 5.74) is 7.94. The molecule has 1 N–H and O–H groups in total. The first-order valence-electron chi connectivity index (χ1n) is 10.3. The SMILES string of the molecule is Oc1c2ccc(c1-c1ccnn1Cc1ccccc1)CCc1ccc(cc1)CC2. The van der Waals surface area contributed by atoms with Crippen LogP contribution in [0, 0.1) is 0 Å². The molecule has 1 aromatic heterocycles. The van der Waals surface area contributed by atoms with E-state index in [4.69, 9.17) is 0 Å². The van der Waals surface area contributed by atoms with Crippen LogP contribution in [0.15, 0.2) is 79.0 Å². The van der Waals surface area contributed by atoms with E-state index in [-0.39, 0.29) is 0 Å². The van der Waals surface area contributed by atoms with Crippen molar-refractivity contribution in [3.8, 4) is 17.0 Å². The van der Waals surface area contributed by atoms with E-state index in [2.05, 4.69) is 53.6 Å². The van der Waals surface area contributed by atoms with E-state index in [0.29, 0.717) is 12.3 Å². The summed E-state index contributed by atoms with van der Waals surface area (Å²) < 4.78 is 2.00. The second-order valence-corrected chi connectivity index (χ2v) is 7.78. The second kappa shape index (κ2) is 7.59. The fourth-order valence-corrected chi connectivity index (χ4v) is 4.23. The van der Waals surface area contributed by atoms with Crippen molar-refractivity contribution in [2.24, 2.45) is 0 Å². The summed E-state index contributed by atoms with van der Waals surface area (Å²) in [7, 11) is 0. The maximum atomic E-state index is 11.3. The summed E-state index contributed by atoms with van der Waals surface area (Å²) in [5.74, 6) is 0.410. The zero-order valence-corrected chi connectivity index (χ0v) is 16.4. The van der Waals surface area contributed by atoms with Gasteiger partial charge in [-0.2, -0.15) is 5.10 Å². The summed E-state index contributed by atoms with van der Waals surface area (Å²) >= 11 is 0. The third-order valence-corrected chi connectivity index (χ3v) is 5.88. The lowest BCUT2D eigenvalue weighted by Gasteiger charge is -2.18. The summed E-state index contributed by atoms with van der Waals surface area (Å²) in [6.45, 7) is 0.688. The lowest BCUT2D eigenvalue weighted by Crippen LogP contribution is -2.07. The van der Waals surface area contributed by atoms with Gasteiger partial charge in [0.25, 0.3) is 0 Å². The van der Waals surface area contributed by atoms with Gasteiger partial charge in [0.15, 0.2) is 0 Å². The minimum absolute atomic E-state index is 0.410. The molecule has 0 atom stereocenters. The molecule has 0 saturated carbocycles. The van der Waals surface area contributed by atoms with Crippen molar-refractivity contribution in [2.45, 2.75) is 32.2 Å². The quantitative estimate of drug-likeness (QED) is 0.531. The molecule has 0 amide bonds. The van der Waals surface area contributed by atoms with Crippen LogP contribution >= 0.6 is 0 Å². The molecule has 4 aliphatic carbocycles. The maximum absolute atomic E-state index is 11.3. The van der Waals surface area contributed by atoms with Crippen molar-refractivity contribution in [3.05, 3.63) is 107 Å². The highest BCUT2D eigenvalue weighted by Crippen LogP contribution is 2.37. The first-order valence-corrected chi connectivity index (χ1v) is 10.3. The molecule has 4 bridgehead atoms. The van der Waals surface area contributed by atoms with Gasteiger partial charge in [-0.3, -0.25) is 4.68 Å². The summed E-state index contributed by atoms with van der Waals surface area (Å²) in [6, 6.07) is 25.6. The Balaban J connectivity index is 1.58. The molecule has 0 unspecified atom stereocenters. The fraction of sp³-hybridized carbons (Fsp3) is 0.192. The summed E-state index contributed by atoms with van der Waals surface area (Å²) in [6.07, 6.45) is 5.43. The normalized spacial score (nSPS) is 13.2. The van der Waals surface area contributed by atoms with E-state index in [1.54, 1.807) is 0 Å². The Morgan fingerprint density at radius 1 is 0.724 bits per heavy atom. The van der Waals surface area contributed by atoms with Gasteiger partial charge < -0.3 is 5.11 Å². The highest BCUT2D eigenvalue weighted by Gasteiger charge is 2.19. The monoisotopic (exact) mass is 380 g/mol. The first-order chi connectivity index (χ1) is 14.3. The van der Waals surface area contributed by atoms with Crippen LogP contribution in [0.25, 0.3) is 11.3 Å². The molecule has 0 aliphatic heterocycles. The highest BCUT2D eigenvalue weighted by molar-refractivity contribution is 5.73. The third-order valence-electron chi connectivity index (χ3n) is 5.88. The third kappa shape index (κ3) is 3.56. The number of phenols is 1. The van der Waals surface area contributed by atoms with Gasteiger partial charge in [0.2, 0.25) is 0 Å². The van der Waals surface area contributed by atoms with Crippen LogP contribution in [-0.2, 0) is 32.2 Å². The molecule has 4 aliphatic rings. The highest BCUT2D eigenvalue weighted by atomic mass is 16.3. The molecule has 3 nitrogen and oxygen atoms in total. The summed E-state index contributed by atoms with van der Waals surface area (Å²) in [4.78, 5) is 0. The minimum atomic E-state index is 0.410. The van der Waals surface area contributed by atoms with Gasteiger partial charge in [-0.05, 0) is 59.6 Å². The molecule has 0 spiro atoms. The van der Waals surface area contributed by atoms with Gasteiger partial charge >= 0.3 is 0 Å². The van der Waals surface area contributed by atoms with Gasteiger partial charge in [-0.1, -0.05) is 66.7 Å². The number of hydrogen-bond acceptors (Lipinski definition) is 2. The average molecular weight is 380 g/mol. The number of nitrogens with zero attached hydrogens (tertiary/aromatic N) is 2. The van der Waals surface area contributed by atoms with E-state index >= 15 is 0 Å². The Kier molecular flexibility index (Phi) is 4.65. The fourth-order valence-electron chi connectivity index (χ4n) is 4.23. The van der Waals surface area contributed by atoms with Gasteiger partial charge in [-0.15, -0.1) is 0 Å². The van der Waals surface area contributed by atoms with E-state index in [9.17, 15) is 5.11 Å². The van der Waals surface area contributed by atoms with Crippen LogP contribution in [0.1, 0.15) is 27.8 Å². The molecule has 4 aromatic rings. The van der Waals surface area contributed by atoms with Crippen molar-refractivity contribution >= 4 is 0 Å². The minimum Gasteiger partial charge on any atom is -0.507 e. The molecule has 0 radical (unpaired) electrons. The Bertz CT molecular complexity index is 1130. The molecule has 1 heterocycles. The smallest absolute Gasteiger partial charge is 0.128 e. The Labute approximate surface area is 171 Å². The average Bonchev–Trinajstić information content (AvgIpc) is 3.19. The van der Waals surface area contributed by atoms with Crippen LogP contribution in [-0.4, -0.2) is 14.9 Å². The van der Waals surface area contributed by atoms with Gasteiger partial charge in [0.1, 0.15) is 5.75 Å². The van der Waals surface area contributed by atoms with E-state index in [1.807, 2.05) is 35.1 Å². The molecule has 0 saturated heterocycles. The molecule has 3 aromatic carbocycles. The Morgan fingerprint density at radius 2 is 1.38 bits per heavy atom. The Morgan fingerprint density at radius 3 is 2.10 bits per heavy atom. The lowest BCUT2D eigenvalue weighted by atomic mass is 9.91. The van der Waals surface area contributed by atoms with Crippen molar-refractivity contribution < 1.29 is 5.11 Å². The number of aromatic nitrogens is 2. The second-order valence-electron chi connectivity index (χ2n) is 7.78. The summed E-state index contributed by atoms with van der Waals surface area (Å²) in [5, 5.41) is 15.8. The number of rotatable bonds is 3. The van der Waals surface area contributed by atoms with Crippen molar-refractivity contribution in [1.82, 2.24) is 9.78 Å². The first kappa shape index (κ1) is 17.7. The maximum Gasteiger partial charge on any atom is 0.128 e. The van der Waals surface area contributed by atoms with Crippen LogP contribution in [0.2, 0.25) is 0 Å². The largest absolute Gasteiger partial charge is 0.507 e. The number of phenolic OH excluding ortho intramolecular Hbond substituents is 1. The predicted molar refractivity (Wildman–Crippen MR) is 116 cm³/mol. The van der Waals surface area contributed by atoms with Crippen LogP contribution in [0.4, 0.5) is 0 Å². The van der Waals surface area contributed by atoms with E-state index < -0.39 is 0 Å². The van der Waals surface area contributed by atoms with Gasteiger partial charge in [-0.25, -0.2) is 0 Å². The number of aryl methyl sites for hydroxylation is 4. The van der Waals surface area contributed by atoms with Gasteiger partial charge in [0, 0.05) is 11.8 Å². The van der Waals surface area contributed by atoms with Gasteiger partial charge in [0.05, 0.1) is 12.2 Å². The predicted octanol–water partition coefficient (Wildman–Crippen LogP) is 5.19. The molecule has 8 rings (SSSR count). The van der Waals surface area contributed by atoms with Crippen molar-refractivity contribution in [3.63, 3.8) is 0 Å². The van der Waals surface area contributed by atoms with E-state index in [1.165, 1.54) is 22.3 Å². The zero-order chi connectivity index (χ0) is 19.6. The Hall–Kier alpha value is -3.33. The molecule has 29 heavy (non-hydrogen) atoms. The number of benzene rings is 3. The standard InChI is InChI=1S/C26H24N2O/c29-26-23-13-11-20-8-6-19(7-9-20)10-12-22(14-15-23)25(26)24-16-17-27-28(24)18-21-4-2-1-3-5-21/h1-9,14-17,29H,10-13,18H2. The molecule has 0 fully saturated rings. The van der Waals surface area contributed by atoms with Crippen LogP contribution in [0.3, 0.4) is 0 Å². The van der Waals surface area contributed by atoms with E-state index in [0.717, 1.165) is 42.5 Å². The van der Waals surface area contributed by atoms with Crippen molar-refractivity contribution in [1.29, 1.82) is 0 Å². The van der Waals surface area contributed by atoms with Crippen molar-refractivity contribution in [2.75, 3.05) is 0 Å². The zero-order valence-electron chi connectivity index (χ0n) is 16.4. The number of aromatic hydroxyl groups is 1. The van der Waals surface area contributed by atoms with Crippen LogP contribution in [0.5, 0.6) is 5.75 Å². The van der Waals surface area contributed by atoms with Crippen LogP contribution < -0.4 is 0 Å². The number of hydrogen-bond donors (Lipinski definition) is 1. The molecular formula is C26H24N2O. The lowest BCUT2D eigenvalue weighted by molar-refractivity contribution is 0.468. The molecular weight excluding hydrogens is 356 g/mol.